The molecule has 0 radical (unpaired) electrons. The minimum absolute atomic E-state index is 0.175. The molecule has 0 saturated carbocycles. The number of rotatable bonds is 2. The van der Waals surface area contributed by atoms with Gasteiger partial charge < -0.3 is 5.32 Å². The second kappa shape index (κ2) is 6.73. The lowest BCUT2D eigenvalue weighted by atomic mass is 10.1. The molecule has 1 fully saturated rings. The summed E-state index contributed by atoms with van der Waals surface area (Å²) < 4.78 is 0. The summed E-state index contributed by atoms with van der Waals surface area (Å²) in [6.07, 6.45) is 1.77. The van der Waals surface area contributed by atoms with Crippen LogP contribution in [0.4, 0.5) is 5.69 Å². The Morgan fingerprint density at radius 3 is 2.83 bits per heavy atom. The highest BCUT2D eigenvalue weighted by Gasteiger charge is 2.24. The lowest BCUT2D eigenvalue weighted by molar-refractivity contribution is -0.115. The third-order valence-corrected chi connectivity index (χ3v) is 4.46. The molecule has 2 aromatic rings. The van der Waals surface area contributed by atoms with E-state index in [1.54, 1.807) is 24.3 Å². The number of amidine groups is 1. The fraction of sp³-hybridized carbons (Fsp3) is 0.105. The molecule has 0 aliphatic carbocycles. The zero-order valence-corrected chi connectivity index (χ0v) is 14.1. The molecule has 4 nitrogen and oxygen atoms in total. The van der Waals surface area contributed by atoms with Crippen LogP contribution in [0.3, 0.4) is 0 Å². The van der Waals surface area contributed by atoms with Gasteiger partial charge in [-0.1, -0.05) is 24.3 Å². The van der Waals surface area contributed by atoms with Crippen molar-refractivity contribution >= 4 is 34.6 Å². The van der Waals surface area contributed by atoms with Crippen molar-refractivity contribution in [2.24, 2.45) is 4.99 Å². The first kappa shape index (κ1) is 16.0. The Morgan fingerprint density at radius 1 is 1.21 bits per heavy atom. The maximum atomic E-state index is 12.1. The van der Waals surface area contributed by atoms with E-state index in [4.69, 9.17) is 5.26 Å². The van der Waals surface area contributed by atoms with E-state index in [0.29, 0.717) is 15.6 Å². The number of thioether (sulfide) groups is 1. The quantitative estimate of drug-likeness (QED) is 0.843. The van der Waals surface area contributed by atoms with Gasteiger partial charge >= 0.3 is 0 Å². The Bertz CT molecular complexity index is 922. The summed E-state index contributed by atoms with van der Waals surface area (Å²) >= 11 is 1.30. The van der Waals surface area contributed by atoms with Gasteiger partial charge in [0.15, 0.2) is 5.17 Å². The lowest BCUT2D eigenvalue weighted by Crippen LogP contribution is -2.19. The van der Waals surface area contributed by atoms with Crippen LogP contribution < -0.4 is 5.32 Å². The second-order valence-corrected chi connectivity index (χ2v) is 6.54. The number of aliphatic imine (C=N–C) groups is 1. The van der Waals surface area contributed by atoms with Crippen LogP contribution in [-0.4, -0.2) is 11.1 Å². The fourth-order valence-corrected chi connectivity index (χ4v) is 3.11. The summed E-state index contributed by atoms with van der Waals surface area (Å²) in [6.45, 7) is 4.00. The van der Waals surface area contributed by atoms with Gasteiger partial charge in [0, 0.05) is 0 Å². The van der Waals surface area contributed by atoms with Gasteiger partial charge in [0.25, 0.3) is 5.91 Å². The third-order valence-electron chi connectivity index (χ3n) is 3.55. The second-order valence-electron chi connectivity index (χ2n) is 5.51. The summed E-state index contributed by atoms with van der Waals surface area (Å²) in [5.74, 6) is -0.175. The summed E-state index contributed by atoms with van der Waals surface area (Å²) in [5, 5.41) is 12.3. The molecule has 0 atom stereocenters. The van der Waals surface area contributed by atoms with E-state index in [-0.39, 0.29) is 5.91 Å². The average Bonchev–Trinajstić information content (AvgIpc) is 2.90. The molecule has 1 aliphatic rings. The number of nitrogens with one attached hydrogen (secondary N) is 1. The summed E-state index contributed by atoms with van der Waals surface area (Å²) in [7, 11) is 0. The molecular formula is C19H15N3OS. The molecule has 3 rings (SSSR count). The van der Waals surface area contributed by atoms with Crippen molar-refractivity contribution in [3.63, 3.8) is 0 Å². The van der Waals surface area contributed by atoms with Crippen molar-refractivity contribution in [3.05, 3.63) is 69.6 Å². The van der Waals surface area contributed by atoms with Crippen LogP contribution in [0.25, 0.3) is 6.08 Å². The Morgan fingerprint density at radius 2 is 2.04 bits per heavy atom. The summed E-state index contributed by atoms with van der Waals surface area (Å²) in [4.78, 5) is 17.3. The van der Waals surface area contributed by atoms with Crippen molar-refractivity contribution in [1.29, 1.82) is 5.26 Å². The maximum Gasteiger partial charge on any atom is 0.264 e. The Labute approximate surface area is 144 Å². The van der Waals surface area contributed by atoms with Crippen molar-refractivity contribution in [2.75, 3.05) is 0 Å². The Balaban J connectivity index is 1.88. The zero-order chi connectivity index (χ0) is 17.1. The van der Waals surface area contributed by atoms with Gasteiger partial charge in [0.1, 0.15) is 0 Å². The number of nitriles is 1. The van der Waals surface area contributed by atoms with Crippen LogP contribution in [0, 0.1) is 25.2 Å². The first-order valence-corrected chi connectivity index (χ1v) is 8.24. The summed E-state index contributed by atoms with van der Waals surface area (Å²) in [6, 6.07) is 15.3. The van der Waals surface area contributed by atoms with Crippen LogP contribution in [0.5, 0.6) is 0 Å². The Hall–Kier alpha value is -2.84. The molecule has 0 bridgehead atoms. The van der Waals surface area contributed by atoms with Crippen LogP contribution in [0.1, 0.15) is 22.3 Å². The average molecular weight is 333 g/mol. The van der Waals surface area contributed by atoms with Gasteiger partial charge in [0.2, 0.25) is 0 Å². The molecule has 0 aromatic heterocycles. The van der Waals surface area contributed by atoms with Gasteiger partial charge in [-0.05, 0) is 66.6 Å². The largest absolute Gasteiger partial charge is 0.300 e. The predicted octanol–water partition coefficient (Wildman–Crippen LogP) is 4.07. The highest BCUT2D eigenvalue weighted by atomic mass is 32.2. The summed E-state index contributed by atoms with van der Waals surface area (Å²) in [5.41, 5.74) is 4.42. The van der Waals surface area contributed by atoms with E-state index >= 15 is 0 Å². The number of carbonyl (C=O) groups is 1. The first-order valence-electron chi connectivity index (χ1n) is 7.42. The van der Waals surface area contributed by atoms with E-state index in [0.717, 1.165) is 22.4 Å². The predicted molar refractivity (Wildman–Crippen MR) is 97.9 cm³/mol. The van der Waals surface area contributed by atoms with Gasteiger partial charge in [-0.3, -0.25) is 4.79 Å². The molecular weight excluding hydrogens is 318 g/mol. The van der Waals surface area contributed by atoms with Crippen LogP contribution in [0.2, 0.25) is 0 Å². The molecule has 1 saturated heterocycles. The number of aryl methyl sites for hydroxylation is 2. The molecule has 0 unspecified atom stereocenters. The third kappa shape index (κ3) is 3.55. The molecule has 118 valence electrons. The number of nitrogens with zero attached hydrogens (tertiary/aromatic N) is 2. The number of amides is 1. The van der Waals surface area contributed by atoms with Gasteiger partial charge in [-0.2, -0.15) is 5.26 Å². The van der Waals surface area contributed by atoms with Crippen LogP contribution in [-0.2, 0) is 4.79 Å². The zero-order valence-electron chi connectivity index (χ0n) is 13.3. The molecule has 24 heavy (non-hydrogen) atoms. The molecule has 5 heteroatoms. The highest BCUT2D eigenvalue weighted by Crippen LogP contribution is 2.29. The number of hydrogen-bond donors (Lipinski definition) is 1. The van der Waals surface area contributed by atoms with E-state index in [9.17, 15) is 4.79 Å². The van der Waals surface area contributed by atoms with E-state index < -0.39 is 0 Å². The monoisotopic (exact) mass is 333 g/mol. The van der Waals surface area contributed by atoms with Crippen molar-refractivity contribution in [3.8, 4) is 6.07 Å². The minimum Gasteiger partial charge on any atom is -0.300 e. The number of carbonyl (C=O) groups excluding carboxylic acids is 1. The van der Waals surface area contributed by atoms with Gasteiger partial charge in [-0.15, -0.1) is 0 Å². The van der Waals surface area contributed by atoms with E-state index in [1.807, 2.05) is 38.1 Å². The Kier molecular flexibility index (Phi) is 4.50. The normalized spacial score (nSPS) is 17.1. The molecule has 1 aliphatic heterocycles. The van der Waals surface area contributed by atoms with Crippen molar-refractivity contribution < 1.29 is 4.79 Å². The van der Waals surface area contributed by atoms with Crippen LogP contribution in [0.15, 0.2) is 52.4 Å². The standard InChI is InChI=1S/C19H15N3OS/c1-12-6-7-13(2)16(8-12)21-19-22-18(23)17(24-19)10-14-4-3-5-15(9-14)11-20/h3-10H,1-2H3,(H,21,22,23)/b17-10+. The minimum atomic E-state index is -0.175. The molecule has 0 spiro atoms. The topological polar surface area (TPSA) is 65.2 Å². The molecule has 2 aromatic carbocycles. The van der Waals surface area contributed by atoms with Crippen molar-refractivity contribution in [1.82, 2.24) is 5.32 Å². The van der Waals surface area contributed by atoms with Crippen LogP contribution >= 0.6 is 11.8 Å². The van der Waals surface area contributed by atoms with E-state index in [1.165, 1.54) is 11.8 Å². The highest BCUT2D eigenvalue weighted by molar-refractivity contribution is 8.18. The lowest BCUT2D eigenvalue weighted by Gasteiger charge is -2.02. The maximum absolute atomic E-state index is 12.1. The number of hydrogen-bond acceptors (Lipinski definition) is 4. The molecule has 1 amide bonds. The number of benzene rings is 2. The fourth-order valence-electron chi connectivity index (χ4n) is 2.28. The van der Waals surface area contributed by atoms with E-state index in [2.05, 4.69) is 16.4 Å². The van der Waals surface area contributed by atoms with Gasteiger partial charge in [0.05, 0.1) is 22.2 Å². The van der Waals surface area contributed by atoms with Crippen molar-refractivity contribution in [2.45, 2.75) is 13.8 Å². The first-order chi connectivity index (χ1) is 11.5. The molecule has 1 heterocycles. The SMILES string of the molecule is Cc1ccc(C)c(N=C2NC(=O)/C(=C\c3cccc(C#N)c3)S2)c1. The smallest absolute Gasteiger partial charge is 0.264 e. The molecule has 1 N–H and O–H groups in total. The van der Waals surface area contributed by atoms with Gasteiger partial charge in [-0.25, -0.2) is 4.99 Å².